The van der Waals surface area contributed by atoms with Gasteiger partial charge in [0.1, 0.15) is 11.6 Å². The van der Waals surface area contributed by atoms with Crippen LogP contribution in [0.3, 0.4) is 0 Å². The lowest BCUT2D eigenvalue weighted by Gasteiger charge is -2.09. The molecule has 3 nitrogen and oxygen atoms in total. The number of aliphatic hydroxyl groups excluding tert-OH is 1. The quantitative estimate of drug-likeness (QED) is 0.854. The zero-order chi connectivity index (χ0) is 13.1. The molecule has 0 aliphatic rings. The predicted molar refractivity (Wildman–Crippen MR) is 71.0 cm³/mol. The summed E-state index contributed by atoms with van der Waals surface area (Å²) in [6, 6.07) is 9.57. The van der Waals surface area contributed by atoms with Gasteiger partial charge in [0.15, 0.2) is 5.75 Å². The normalized spacial score (nSPS) is 10.4. The number of benzene rings is 2. The third-order valence-corrected chi connectivity index (χ3v) is 2.99. The maximum absolute atomic E-state index is 13.2. The van der Waals surface area contributed by atoms with Crippen LogP contribution in [0.25, 0.3) is 0 Å². The smallest absolute Gasteiger partial charge is 0.151 e. The molecule has 3 N–H and O–H groups in total. The Morgan fingerprint density at radius 2 is 1.89 bits per heavy atom. The van der Waals surface area contributed by atoms with Crippen molar-refractivity contribution in [2.75, 3.05) is 5.73 Å². The molecule has 0 aromatic heterocycles. The first kappa shape index (κ1) is 12.9. The summed E-state index contributed by atoms with van der Waals surface area (Å²) in [5, 5.41) is 8.92. The van der Waals surface area contributed by atoms with Gasteiger partial charge in [-0.3, -0.25) is 0 Å². The molecule has 2 rings (SSSR count). The molecule has 94 valence electrons. The van der Waals surface area contributed by atoms with E-state index in [2.05, 4.69) is 15.9 Å². The molecule has 18 heavy (non-hydrogen) atoms. The number of anilines is 1. The second-order valence-corrected chi connectivity index (χ2v) is 4.56. The van der Waals surface area contributed by atoms with Gasteiger partial charge in [-0.15, -0.1) is 0 Å². The number of nitrogens with two attached hydrogens (primary N) is 1. The number of aliphatic hydroxyl groups is 1. The number of hydrogen-bond donors (Lipinski definition) is 2. The van der Waals surface area contributed by atoms with Gasteiger partial charge in [0.25, 0.3) is 0 Å². The van der Waals surface area contributed by atoms with Crippen LogP contribution >= 0.6 is 15.9 Å². The van der Waals surface area contributed by atoms with Crippen LogP contribution in [-0.4, -0.2) is 5.11 Å². The van der Waals surface area contributed by atoms with Crippen LogP contribution in [0.2, 0.25) is 0 Å². The molecule has 0 fully saturated rings. The van der Waals surface area contributed by atoms with E-state index in [9.17, 15) is 4.39 Å². The van der Waals surface area contributed by atoms with E-state index in [0.29, 0.717) is 16.0 Å². The third kappa shape index (κ3) is 2.80. The molecule has 0 bridgehead atoms. The van der Waals surface area contributed by atoms with Crippen molar-refractivity contribution in [3.05, 3.63) is 52.3 Å². The van der Waals surface area contributed by atoms with Gasteiger partial charge in [-0.25, -0.2) is 4.39 Å². The van der Waals surface area contributed by atoms with Crippen LogP contribution in [0.5, 0.6) is 11.5 Å². The Morgan fingerprint density at radius 3 is 2.50 bits per heavy atom. The van der Waals surface area contributed by atoms with Crippen molar-refractivity contribution in [1.82, 2.24) is 0 Å². The van der Waals surface area contributed by atoms with Gasteiger partial charge in [0.05, 0.1) is 16.8 Å². The van der Waals surface area contributed by atoms with Crippen LogP contribution < -0.4 is 10.5 Å². The lowest BCUT2D eigenvalue weighted by Crippen LogP contribution is -1.94. The Balaban J connectivity index is 2.25. The van der Waals surface area contributed by atoms with E-state index in [-0.39, 0.29) is 12.3 Å². The molecule has 5 heteroatoms. The summed E-state index contributed by atoms with van der Waals surface area (Å²) >= 11 is 3.07. The van der Waals surface area contributed by atoms with Crippen molar-refractivity contribution in [1.29, 1.82) is 0 Å². The fourth-order valence-corrected chi connectivity index (χ4v) is 1.74. The van der Waals surface area contributed by atoms with E-state index < -0.39 is 5.82 Å². The van der Waals surface area contributed by atoms with Crippen molar-refractivity contribution in [3.63, 3.8) is 0 Å². The molecule has 0 saturated heterocycles. The highest BCUT2D eigenvalue weighted by Crippen LogP contribution is 2.32. The first-order chi connectivity index (χ1) is 8.60. The van der Waals surface area contributed by atoms with E-state index in [1.54, 1.807) is 24.3 Å². The molecule has 0 aliphatic carbocycles. The van der Waals surface area contributed by atoms with E-state index >= 15 is 0 Å². The fourth-order valence-electron chi connectivity index (χ4n) is 1.42. The lowest BCUT2D eigenvalue weighted by molar-refractivity contribution is 0.281. The van der Waals surface area contributed by atoms with Crippen molar-refractivity contribution in [2.45, 2.75) is 6.61 Å². The van der Waals surface area contributed by atoms with Crippen LogP contribution in [0, 0.1) is 5.82 Å². The highest BCUT2D eigenvalue weighted by Gasteiger charge is 2.08. The summed E-state index contributed by atoms with van der Waals surface area (Å²) in [6.45, 7) is -0.0233. The Morgan fingerprint density at radius 1 is 1.22 bits per heavy atom. The predicted octanol–water partition coefficient (Wildman–Crippen LogP) is 3.46. The highest BCUT2D eigenvalue weighted by atomic mass is 79.9. The molecule has 0 amide bonds. The monoisotopic (exact) mass is 311 g/mol. The van der Waals surface area contributed by atoms with Gasteiger partial charge in [0, 0.05) is 12.1 Å². The number of rotatable bonds is 3. The van der Waals surface area contributed by atoms with Gasteiger partial charge in [-0.2, -0.15) is 0 Å². The summed E-state index contributed by atoms with van der Waals surface area (Å²) in [5.41, 5.74) is 6.68. The van der Waals surface area contributed by atoms with E-state index in [1.807, 2.05) is 0 Å². The maximum Gasteiger partial charge on any atom is 0.151 e. The molecule has 0 radical (unpaired) electrons. The average Bonchev–Trinajstić information content (AvgIpc) is 2.37. The molecule has 0 spiro atoms. The highest BCUT2D eigenvalue weighted by molar-refractivity contribution is 9.10. The standard InChI is InChI=1S/C13H11BrFNO2/c14-10-5-13(12(16)6-11(10)15)18-9-3-1-8(7-17)2-4-9/h1-6,17H,7,16H2. The summed E-state index contributed by atoms with van der Waals surface area (Å²) < 4.78 is 19.0. The maximum atomic E-state index is 13.2. The van der Waals surface area contributed by atoms with Gasteiger partial charge in [0.2, 0.25) is 0 Å². The zero-order valence-corrected chi connectivity index (χ0v) is 10.9. The van der Waals surface area contributed by atoms with Crippen molar-refractivity contribution < 1.29 is 14.2 Å². The summed E-state index contributed by atoms with van der Waals surface area (Å²) in [7, 11) is 0. The Hall–Kier alpha value is -1.59. The van der Waals surface area contributed by atoms with E-state index in [4.69, 9.17) is 15.6 Å². The molecular formula is C13H11BrFNO2. The van der Waals surface area contributed by atoms with E-state index in [1.165, 1.54) is 12.1 Å². The van der Waals surface area contributed by atoms with Gasteiger partial charge < -0.3 is 15.6 Å². The second kappa shape index (κ2) is 5.37. The molecular weight excluding hydrogens is 301 g/mol. The van der Waals surface area contributed by atoms with Crippen molar-refractivity contribution >= 4 is 21.6 Å². The lowest BCUT2D eigenvalue weighted by atomic mass is 10.2. The molecule has 0 atom stereocenters. The number of hydrogen-bond acceptors (Lipinski definition) is 3. The summed E-state index contributed by atoms with van der Waals surface area (Å²) in [5.74, 6) is 0.507. The van der Waals surface area contributed by atoms with Crippen molar-refractivity contribution in [3.8, 4) is 11.5 Å². The zero-order valence-electron chi connectivity index (χ0n) is 9.36. The second-order valence-electron chi connectivity index (χ2n) is 3.71. The molecule has 0 aliphatic heterocycles. The Kier molecular flexibility index (Phi) is 3.84. The molecule has 2 aromatic rings. The Labute approximate surface area is 112 Å². The minimum absolute atomic E-state index is 0.0233. The summed E-state index contributed by atoms with van der Waals surface area (Å²) in [4.78, 5) is 0. The minimum Gasteiger partial charge on any atom is -0.455 e. The number of halogens is 2. The van der Waals surface area contributed by atoms with Crippen LogP contribution in [-0.2, 0) is 6.61 Å². The van der Waals surface area contributed by atoms with Crippen LogP contribution in [0.4, 0.5) is 10.1 Å². The third-order valence-electron chi connectivity index (χ3n) is 2.39. The number of ether oxygens (including phenoxy) is 1. The van der Waals surface area contributed by atoms with Gasteiger partial charge in [-0.05, 0) is 33.6 Å². The van der Waals surface area contributed by atoms with Crippen molar-refractivity contribution in [2.24, 2.45) is 0 Å². The van der Waals surface area contributed by atoms with E-state index in [0.717, 1.165) is 5.56 Å². The van der Waals surface area contributed by atoms with Crippen LogP contribution in [0.1, 0.15) is 5.56 Å². The first-order valence-electron chi connectivity index (χ1n) is 5.22. The molecule has 2 aromatic carbocycles. The minimum atomic E-state index is -0.435. The van der Waals surface area contributed by atoms with Gasteiger partial charge >= 0.3 is 0 Å². The molecule has 0 saturated carbocycles. The Bertz CT molecular complexity index is 558. The fraction of sp³-hybridized carbons (Fsp3) is 0.0769. The first-order valence-corrected chi connectivity index (χ1v) is 6.01. The van der Waals surface area contributed by atoms with Gasteiger partial charge in [-0.1, -0.05) is 12.1 Å². The topological polar surface area (TPSA) is 55.5 Å². The largest absolute Gasteiger partial charge is 0.455 e. The van der Waals surface area contributed by atoms with Crippen LogP contribution in [0.15, 0.2) is 40.9 Å². The summed E-state index contributed by atoms with van der Waals surface area (Å²) in [6.07, 6.45) is 0. The molecule has 0 unspecified atom stereocenters. The average molecular weight is 312 g/mol. The SMILES string of the molecule is Nc1cc(F)c(Br)cc1Oc1ccc(CO)cc1. The molecule has 0 heterocycles. The number of nitrogen functional groups attached to an aromatic ring is 1.